The van der Waals surface area contributed by atoms with Crippen molar-refractivity contribution in [2.24, 2.45) is 0 Å². The van der Waals surface area contributed by atoms with Crippen molar-refractivity contribution in [3.63, 3.8) is 0 Å². The van der Waals surface area contributed by atoms with E-state index in [2.05, 4.69) is 0 Å². The first kappa shape index (κ1) is 14.0. The zero-order valence-electron chi connectivity index (χ0n) is 10.8. The molecule has 0 amide bonds. The molecule has 0 aliphatic carbocycles. The minimum Gasteiger partial charge on any atom is -0.493 e. The van der Waals surface area contributed by atoms with Crippen molar-refractivity contribution in [2.75, 3.05) is 13.7 Å². The second kappa shape index (κ2) is 7.30. The zero-order valence-corrected chi connectivity index (χ0v) is 10.8. The van der Waals surface area contributed by atoms with E-state index in [1.165, 1.54) is 0 Å². The van der Waals surface area contributed by atoms with Crippen LogP contribution in [0.3, 0.4) is 0 Å². The van der Waals surface area contributed by atoms with E-state index in [1.807, 2.05) is 38.1 Å². The normalized spacial score (nSPS) is 14.4. The van der Waals surface area contributed by atoms with Crippen LogP contribution in [0.25, 0.3) is 0 Å². The van der Waals surface area contributed by atoms with E-state index >= 15 is 0 Å². The number of para-hydroxylation sites is 1. The fraction of sp³-hybridized carbons (Fsp3) is 0.571. The van der Waals surface area contributed by atoms with Crippen LogP contribution in [0, 0.1) is 0 Å². The van der Waals surface area contributed by atoms with Crippen molar-refractivity contribution >= 4 is 0 Å². The fourth-order valence-corrected chi connectivity index (χ4v) is 1.71. The van der Waals surface area contributed by atoms with E-state index in [0.29, 0.717) is 13.0 Å². The maximum absolute atomic E-state index is 10.1. The third-order valence-corrected chi connectivity index (χ3v) is 2.83. The number of aliphatic hydroxyl groups excluding tert-OH is 1. The van der Waals surface area contributed by atoms with Gasteiger partial charge >= 0.3 is 0 Å². The van der Waals surface area contributed by atoms with E-state index in [9.17, 15) is 5.11 Å². The molecule has 2 atom stereocenters. The van der Waals surface area contributed by atoms with Gasteiger partial charge < -0.3 is 14.6 Å². The molecule has 2 unspecified atom stereocenters. The maximum atomic E-state index is 10.1. The van der Waals surface area contributed by atoms with E-state index < -0.39 is 6.10 Å². The van der Waals surface area contributed by atoms with Gasteiger partial charge in [0.25, 0.3) is 0 Å². The Balaban J connectivity index is 2.64. The van der Waals surface area contributed by atoms with E-state index in [1.54, 1.807) is 7.11 Å². The SMILES string of the molecule is CCOc1ccccc1C(O)CCC(C)OC. The third-order valence-electron chi connectivity index (χ3n) is 2.83. The Bertz CT molecular complexity index is 325. The van der Waals surface area contributed by atoms with Crippen LogP contribution in [-0.4, -0.2) is 24.9 Å². The number of hydrogen-bond acceptors (Lipinski definition) is 3. The van der Waals surface area contributed by atoms with Crippen LogP contribution in [0.5, 0.6) is 5.75 Å². The second-order valence-electron chi connectivity index (χ2n) is 4.11. The molecule has 96 valence electrons. The monoisotopic (exact) mass is 238 g/mol. The van der Waals surface area contributed by atoms with Gasteiger partial charge in [0, 0.05) is 12.7 Å². The molecule has 1 aromatic carbocycles. The van der Waals surface area contributed by atoms with Crippen molar-refractivity contribution in [3.8, 4) is 5.75 Å². The number of benzene rings is 1. The minimum atomic E-state index is -0.490. The van der Waals surface area contributed by atoms with Crippen LogP contribution in [-0.2, 0) is 4.74 Å². The Labute approximate surface area is 103 Å². The van der Waals surface area contributed by atoms with Gasteiger partial charge in [-0.3, -0.25) is 0 Å². The van der Waals surface area contributed by atoms with Crippen LogP contribution in [0.15, 0.2) is 24.3 Å². The molecule has 0 aliphatic heterocycles. The molecule has 0 heterocycles. The molecule has 17 heavy (non-hydrogen) atoms. The lowest BCUT2D eigenvalue weighted by Crippen LogP contribution is -2.08. The molecule has 1 aromatic rings. The van der Waals surface area contributed by atoms with Gasteiger partial charge in [-0.05, 0) is 32.8 Å². The Morgan fingerprint density at radius 1 is 1.24 bits per heavy atom. The van der Waals surface area contributed by atoms with Crippen LogP contribution in [0.4, 0.5) is 0 Å². The van der Waals surface area contributed by atoms with Crippen molar-refractivity contribution in [1.29, 1.82) is 0 Å². The van der Waals surface area contributed by atoms with E-state index in [-0.39, 0.29) is 6.10 Å². The average Bonchev–Trinajstić information content (AvgIpc) is 2.36. The second-order valence-corrected chi connectivity index (χ2v) is 4.11. The molecule has 3 heteroatoms. The van der Waals surface area contributed by atoms with Gasteiger partial charge in [-0.25, -0.2) is 0 Å². The van der Waals surface area contributed by atoms with Gasteiger partial charge in [0.2, 0.25) is 0 Å². The molecule has 0 radical (unpaired) electrons. The predicted octanol–water partition coefficient (Wildman–Crippen LogP) is 2.93. The molecule has 0 aromatic heterocycles. The zero-order chi connectivity index (χ0) is 12.7. The molecule has 0 aliphatic rings. The molecule has 0 bridgehead atoms. The largest absolute Gasteiger partial charge is 0.493 e. The maximum Gasteiger partial charge on any atom is 0.125 e. The fourth-order valence-electron chi connectivity index (χ4n) is 1.71. The van der Waals surface area contributed by atoms with Gasteiger partial charge in [-0.1, -0.05) is 18.2 Å². The average molecular weight is 238 g/mol. The van der Waals surface area contributed by atoms with Crippen molar-refractivity contribution < 1.29 is 14.6 Å². The summed E-state index contributed by atoms with van der Waals surface area (Å²) in [5.41, 5.74) is 0.859. The van der Waals surface area contributed by atoms with Crippen LogP contribution in [0.1, 0.15) is 38.4 Å². The summed E-state index contributed by atoms with van der Waals surface area (Å²) in [5.74, 6) is 0.771. The summed E-state index contributed by atoms with van der Waals surface area (Å²) in [4.78, 5) is 0. The van der Waals surface area contributed by atoms with Crippen molar-refractivity contribution in [1.82, 2.24) is 0 Å². The Kier molecular flexibility index (Phi) is 6.01. The van der Waals surface area contributed by atoms with Crippen LogP contribution in [0.2, 0.25) is 0 Å². The summed E-state index contributed by atoms with van der Waals surface area (Å²) < 4.78 is 10.7. The summed E-state index contributed by atoms with van der Waals surface area (Å²) >= 11 is 0. The Hall–Kier alpha value is -1.06. The highest BCUT2D eigenvalue weighted by molar-refractivity contribution is 5.35. The number of hydrogen-bond donors (Lipinski definition) is 1. The molecule has 0 spiro atoms. The van der Waals surface area contributed by atoms with Gasteiger partial charge in [-0.2, -0.15) is 0 Å². The molecule has 1 N–H and O–H groups in total. The number of methoxy groups -OCH3 is 1. The highest BCUT2D eigenvalue weighted by Gasteiger charge is 2.14. The summed E-state index contributed by atoms with van der Waals surface area (Å²) in [5, 5.41) is 10.1. The minimum absolute atomic E-state index is 0.170. The first-order valence-corrected chi connectivity index (χ1v) is 6.11. The molecular weight excluding hydrogens is 216 g/mol. The first-order chi connectivity index (χ1) is 8.19. The predicted molar refractivity (Wildman–Crippen MR) is 68.3 cm³/mol. The highest BCUT2D eigenvalue weighted by atomic mass is 16.5. The van der Waals surface area contributed by atoms with Gasteiger partial charge in [0.1, 0.15) is 5.75 Å². The Morgan fingerprint density at radius 2 is 1.94 bits per heavy atom. The summed E-state index contributed by atoms with van der Waals surface area (Å²) in [6.45, 7) is 4.55. The summed E-state index contributed by atoms with van der Waals surface area (Å²) in [6, 6.07) is 7.63. The van der Waals surface area contributed by atoms with Crippen molar-refractivity contribution in [2.45, 2.75) is 38.9 Å². The number of rotatable bonds is 7. The Morgan fingerprint density at radius 3 is 2.59 bits per heavy atom. The summed E-state index contributed by atoms with van der Waals surface area (Å²) in [7, 11) is 1.69. The molecule has 0 saturated carbocycles. The van der Waals surface area contributed by atoms with Crippen LogP contribution >= 0.6 is 0 Å². The molecule has 0 fully saturated rings. The van der Waals surface area contributed by atoms with E-state index in [4.69, 9.17) is 9.47 Å². The van der Waals surface area contributed by atoms with Gasteiger partial charge in [-0.15, -0.1) is 0 Å². The molecular formula is C14H22O3. The van der Waals surface area contributed by atoms with E-state index in [0.717, 1.165) is 17.7 Å². The van der Waals surface area contributed by atoms with Crippen molar-refractivity contribution in [3.05, 3.63) is 29.8 Å². The topological polar surface area (TPSA) is 38.7 Å². The first-order valence-electron chi connectivity index (χ1n) is 6.11. The molecule has 3 nitrogen and oxygen atoms in total. The quantitative estimate of drug-likeness (QED) is 0.793. The summed E-state index contributed by atoms with van der Waals surface area (Å²) in [6.07, 6.45) is 1.19. The molecule has 1 rings (SSSR count). The van der Waals surface area contributed by atoms with Gasteiger partial charge in [0.15, 0.2) is 0 Å². The lowest BCUT2D eigenvalue weighted by molar-refractivity contribution is 0.0841. The lowest BCUT2D eigenvalue weighted by atomic mass is 10.0. The number of aliphatic hydroxyl groups is 1. The smallest absolute Gasteiger partial charge is 0.125 e. The van der Waals surface area contributed by atoms with Gasteiger partial charge in [0.05, 0.1) is 18.8 Å². The lowest BCUT2D eigenvalue weighted by Gasteiger charge is -2.17. The standard InChI is InChI=1S/C14H22O3/c1-4-17-14-8-6-5-7-12(14)13(15)10-9-11(2)16-3/h5-8,11,13,15H,4,9-10H2,1-3H3. The molecule has 0 saturated heterocycles. The highest BCUT2D eigenvalue weighted by Crippen LogP contribution is 2.28. The van der Waals surface area contributed by atoms with Crippen LogP contribution < -0.4 is 4.74 Å². The number of ether oxygens (including phenoxy) is 2. The third kappa shape index (κ3) is 4.36.